The summed E-state index contributed by atoms with van der Waals surface area (Å²) in [7, 11) is -3.05. The SMILES string of the molecule is CC(C)S(=O)(=O)Cc1ccc(CCc2ccc(OC3CCOCC3)cc2)cc1. The third kappa shape index (κ3) is 6.08. The lowest BCUT2D eigenvalue weighted by atomic mass is 10.0. The largest absolute Gasteiger partial charge is 0.490 e. The summed E-state index contributed by atoms with van der Waals surface area (Å²) in [5.41, 5.74) is 3.34. The van der Waals surface area contributed by atoms with Crippen molar-refractivity contribution in [1.82, 2.24) is 0 Å². The molecule has 5 heteroatoms. The van der Waals surface area contributed by atoms with Gasteiger partial charge >= 0.3 is 0 Å². The minimum absolute atomic E-state index is 0.111. The molecule has 2 aromatic rings. The zero-order valence-electron chi connectivity index (χ0n) is 16.8. The van der Waals surface area contributed by atoms with E-state index < -0.39 is 9.84 Å². The average molecular weight is 403 g/mol. The monoisotopic (exact) mass is 402 g/mol. The molecular weight excluding hydrogens is 372 g/mol. The molecule has 1 aliphatic rings. The molecule has 0 spiro atoms. The van der Waals surface area contributed by atoms with Crippen LogP contribution in [-0.4, -0.2) is 33.0 Å². The summed E-state index contributed by atoms with van der Waals surface area (Å²) in [4.78, 5) is 0. The molecule has 0 radical (unpaired) electrons. The van der Waals surface area contributed by atoms with E-state index in [9.17, 15) is 8.42 Å². The molecule has 0 saturated carbocycles. The van der Waals surface area contributed by atoms with Crippen LogP contribution in [0.25, 0.3) is 0 Å². The molecule has 0 unspecified atom stereocenters. The van der Waals surface area contributed by atoms with Crippen LogP contribution in [0, 0.1) is 0 Å². The zero-order valence-corrected chi connectivity index (χ0v) is 17.6. The molecule has 152 valence electrons. The fourth-order valence-electron chi connectivity index (χ4n) is 3.21. The lowest BCUT2D eigenvalue weighted by molar-refractivity contribution is 0.0255. The van der Waals surface area contributed by atoms with Gasteiger partial charge in [-0.1, -0.05) is 36.4 Å². The number of hydrogen-bond acceptors (Lipinski definition) is 4. The average Bonchev–Trinajstić information content (AvgIpc) is 2.69. The summed E-state index contributed by atoms with van der Waals surface area (Å²) < 4.78 is 35.4. The van der Waals surface area contributed by atoms with E-state index in [1.807, 2.05) is 36.4 Å². The minimum Gasteiger partial charge on any atom is -0.490 e. The molecule has 0 amide bonds. The van der Waals surface area contributed by atoms with E-state index in [4.69, 9.17) is 9.47 Å². The summed E-state index contributed by atoms with van der Waals surface area (Å²) in [6.07, 6.45) is 4.04. The second-order valence-electron chi connectivity index (χ2n) is 7.75. The smallest absolute Gasteiger partial charge is 0.156 e. The molecule has 0 aliphatic carbocycles. The summed E-state index contributed by atoms with van der Waals surface area (Å²) in [5.74, 6) is 1.03. The van der Waals surface area contributed by atoms with Crippen LogP contribution in [0.5, 0.6) is 5.75 Å². The van der Waals surface area contributed by atoms with Crippen molar-refractivity contribution >= 4 is 9.84 Å². The van der Waals surface area contributed by atoms with Gasteiger partial charge < -0.3 is 9.47 Å². The Morgan fingerprint density at radius 1 is 0.893 bits per heavy atom. The summed E-state index contributed by atoms with van der Waals surface area (Å²) >= 11 is 0. The Balaban J connectivity index is 1.49. The third-order valence-corrected chi connectivity index (χ3v) is 7.38. The van der Waals surface area contributed by atoms with E-state index in [1.54, 1.807) is 13.8 Å². The van der Waals surface area contributed by atoms with Crippen molar-refractivity contribution in [1.29, 1.82) is 0 Å². The van der Waals surface area contributed by atoms with E-state index in [0.717, 1.165) is 50.2 Å². The first-order valence-electron chi connectivity index (χ1n) is 10.0. The first-order chi connectivity index (χ1) is 13.4. The third-order valence-electron chi connectivity index (χ3n) is 5.21. The molecule has 1 fully saturated rings. The topological polar surface area (TPSA) is 52.6 Å². The summed E-state index contributed by atoms with van der Waals surface area (Å²) in [5, 5.41) is -0.342. The van der Waals surface area contributed by atoms with Crippen molar-refractivity contribution < 1.29 is 17.9 Å². The number of rotatable bonds is 8. The van der Waals surface area contributed by atoms with Crippen LogP contribution < -0.4 is 4.74 Å². The van der Waals surface area contributed by atoms with Crippen LogP contribution in [0.1, 0.15) is 43.4 Å². The van der Waals surface area contributed by atoms with E-state index in [-0.39, 0.29) is 17.1 Å². The number of benzene rings is 2. The van der Waals surface area contributed by atoms with Gasteiger partial charge in [-0.2, -0.15) is 0 Å². The summed E-state index contributed by atoms with van der Waals surface area (Å²) in [6.45, 7) is 5.02. The van der Waals surface area contributed by atoms with Gasteiger partial charge in [-0.05, 0) is 55.5 Å². The molecular formula is C23H30O4S. The maximum absolute atomic E-state index is 12.0. The van der Waals surface area contributed by atoms with Crippen LogP contribution in [0.3, 0.4) is 0 Å². The van der Waals surface area contributed by atoms with Crippen LogP contribution in [0.2, 0.25) is 0 Å². The van der Waals surface area contributed by atoms with E-state index in [1.165, 1.54) is 11.1 Å². The Labute approximate surface area is 168 Å². The van der Waals surface area contributed by atoms with Crippen molar-refractivity contribution in [2.24, 2.45) is 0 Å². The predicted molar refractivity (Wildman–Crippen MR) is 113 cm³/mol. The highest BCUT2D eigenvalue weighted by Gasteiger charge is 2.17. The minimum atomic E-state index is -3.05. The Hall–Kier alpha value is -1.85. The normalized spacial score (nSPS) is 15.7. The van der Waals surface area contributed by atoms with Gasteiger partial charge in [-0.15, -0.1) is 0 Å². The standard InChI is InChI=1S/C23H30O4S/c1-18(2)28(24,25)17-21-7-5-19(6-8-21)3-4-20-9-11-22(12-10-20)27-23-13-15-26-16-14-23/h5-12,18,23H,3-4,13-17H2,1-2H3. The second-order valence-corrected chi connectivity index (χ2v) is 10.3. The lowest BCUT2D eigenvalue weighted by Crippen LogP contribution is -2.25. The number of ether oxygens (including phenoxy) is 2. The molecule has 0 N–H and O–H groups in total. The van der Waals surface area contributed by atoms with Crippen molar-refractivity contribution in [2.45, 2.75) is 56.6 Å². The highest BCUT2D eigenvalue weighted by molar-refractivity contribution is 7.91. The van der Waals surface area contributed by atoms with E-state index in [0.29, 0.717) is 0 Å². The van der Waals surface area contributed by atoms with Gasteiger partial charge in [0.15, 0.2) is 9.84 Å². The molecule has 4 nitrogen and oxygen atoms in total. The molecule has 0 atom stereocenters. The van der Waals surface area contributed by atoms with Gasteiger partial charge in [0.25, 0.3) is 0 Å². The van der Waals surface area contributed by atoms with E-state index in [2.05, 4.69) is 12.1 Å². The Bertz CT molecular complexity index is 833. The van der Waals surface area contributed by atoms with Crippen molar-refractivity contribution in [3.8, 4) is 5.75 Å². The molecule has 0 bridgehead atoms. The Morgan fingerprint density at radius 2 is 1.39 bits per heavy atom. The lowest BCUT2D eigenvalue weighted by Gasteiger charge is -2.23. The predicted octanol–water partition coefficient (Wildman–Crippen LogP) is 4.35. The zero-order chi connectivity index (χ0) is 20.0. The molecule has 2 aromatic carbocycles. The maximum atomic E-state index is 12.0. The van der Waals surface area contributed by atoms with Crippen molar-refractivity contribution in [3.63, 3.8) is 0 Å². The quantitative estimate of drug-likeness (QED) is 0.659. The molecule has 1 aliphatic heterocycles. The first kappa shape index (κ1) is 20.9. The number of hydrogen-bond donors (Lipinski definition) is 0. The fourth-order valence-corrected chi connectivity index (χ4v) is 4.20. The highest BCUT2D eigenvalue weighted by Crippen LogP contribution is 2.20. The highest BCUT2D eigenvalue weighted by atomic mass is 32.2. The molecule has 1 saturated heterocycles. The van der Waals surface area contributed by atoms with E-state index >= 15 is 0 Å². The second kappa shape index (κ2) is 9.57. The Morgan fingerprint density at radius 3 is 1.93 bits per heavy atom. The maximum Gasteiger partial charge on any atom is 0.156 e. The molecule has 3 rings (SSSR count). The first-order valence-corrected chi connectivity index (χ1v) is 11.8. The number of sulfone groups is 1. The molecule has 0 aromatic heterocycles. The summed E-state index contributed by atoms with van der Waals surface area (Å²) in [6, 6.07) is 16.3. The van der Waals surface area contributed by atoms with Gasteiger partial charge in [0.2, 0.25) is 0 Å². The van der Waals surface area contributed by atoms with Crippen LogP contribution in [-0.2, 0) is 33.2 Å². The van der Waals surface area contributed by atoms with Gasteiger partial charge in [0.1, 0.15) is 11.9 Å². The molecule has 1 heterocycles. The van der Waals surface area contributed by atoms with Gasteiger partial charge in [0.05, 0.1) is 24.2 Å². The van der Waals surface area contributed by atoms with Gasteiger partial charge in [-0.3, -0.25) is 0 Å². The Kier molecular flexibility index (Phi) is 7.13. The van der Waals surface area contributed by atoms with Crippen LogP contribution in [0.15, 0.2) is 48.5 Å². The van der Waals surface area contributed by atoms with Gasteiger partial charge in [-0.25, -0.2) is 8.42 Å². The van der Waals surface area contributed by atoms with Crippen molar-refractivity contribution in [3.05, 3.63) is 65.2 Å². The number of aryl methyl sites for hydroxylation is 2. The van der Waals surface area contributed by atoms with Crippen LogP contribution >= 0.6 is 0 Å². The van der Waals surface area contributed by atoms with Crippen molar-refractivity contribution in [2.75, 3.05) is 13.2 Å². The fraction of sp³-hybridized carbons (Fsp3) is 0.478. The molecule has 28 heavy (non-hydrogen) atoms. The van der Waals surface area contributed by atoms with Gasteiger partial charge in [0, 0.05) is 12.8 Å². The van der Waals surface area contributed by atoms with Crippen LogP contribution in [0.4, 0.5) is 0 Å².